The maximum absolute atomic E-state index is 9.73. The minimum Gasteiger partial charge on any atom is -0.550 e. The molecule has 0 spiro atoms. The van der Waals surface area contributed by atoms with Crippen LogP contribution in [0.15, 0.2) is 12.2 Å². The van der Waals surface area contributed by atoms with E-state index in [2.05, 4.69) is 6.58 Å². The van der Waals surface area contributed by atoms with Crippen LogP contribution >= 0.6 is 0 Å². The van der Waals surface area contributed by atoms with Crippen molar-refractivity contribution in [1.82, 2.24) is 0 Å². The number of hydrogen-bond acceptors (Lipinski definition) is 4. The molecular formula is C5H4CdO4. The van der Waals surface area contributed by atoms with Gasteiger partial charge in [-0.3, -0.25) is 0 Å². The van der Waals surface area contributed by atoms with E-state index in [1.54, 1.807) is 0 Å². The van der Waals surface area contributed by atoms with Crippen LogP contribution in [0, 0.1) is 0 Å². The average Bonchev–Trinajstić information content (AvgIpc) is 1.63. The van der Waals surface area contributed by atoms with Crippen molar-refractivity contribution in [2.24, 2.45) is 0 Å². The molecule has 50 valence electrons. The number of carbonyl (C=O) groups excluding carboxylic acids is 2. The fraction of sp³-hybridized carbons (Fsp3) is 0.200. The molecule has 0 aromatic heterocycles. The van der Waals surface area contributed by atoms with Crippen molar-refractivity contribution in [2.75, 3.05) is 0 Å². The molecule has 0 aliphatic heterocycles. The van der Waals surface area contributed by atoms with Crippen LogP contribution in [0.4, 0.5) is 0 Å². The van der Waals surface area contributed by atoms with Gasteiger partial charge < -0.3 is 19.8 Å². The largest absolute Gasteiger partial charge is 2.00 e. The van der Waals surface area contributed by atoms with Gasteiger partial charge >= 0.3 is 27.3 Å². The molecule has 0 unspecified atom stereocenters. The molecule has 0 rings (SSSR count). The number of rotatable bonds is 3. The van der Waals surface area contributed by atoms with E-state index in [0.29, 0.717) is 0 Å². The monoisotopic (exact) mass is 242 g/mol. The molecule has 4 nitrogen and oxygen atoms in total. The first-order valence-electron chi connectivity index (χ1n) is 2.13. The number of carbonyl (C=O) groups is 2. The molecular weight excluding hydrogens is 236 g/mol. The van der Waals surface area contributed by atoms with E-state index in [0.717, 1.165) is 0 Å². The second kappa shape index (κ2) is 5.39. The first-order chi connectivity index (χ1) is 4.04. The molecule has 0 aliphatic rings. The van der Waals surface area contributed by atoms with E-state index >= 15 is 0 Å². The number of carboxylic acids is 2. The van der Waals surface area contributed by atoms with Gasteiger partial charge in [-0.25, -0.2) is 0 Å². The fourth-order valence-corrected chi connectivity index (χ4v) is 0.246. The van der Waals surface area contributed by atoms with Crippen molar-refractivity contribution in [1.29, 1.82) is 0 Å². The zero-order chi connectivity index (χ0) is 7.44. The van der Waals surface area contributed by atoms with Crippen LogP contribution in [0.25, 0.3) is 0 Å². The molecule has 0 amide bonds. The number of carboxylic acid groups (broad SMARTS) is 2. The van der Waals surface area contributed by atoms with Crippen molar-refractivity contribution in [3.8, 4) is 0 Å². The third kappa shape index (κ3) is 5.73. The minimum absolute atomic E-state index is 0. The van der Waals surface area contributed by atoms with Gasteiger partial charge in [-0.1, -0.05) is 6.58 Å². The van der Waals surface area contributed by atoms with Crippen molar-refractivity contribution < 1.29 is 47.1 Å². The number of hydrogen-bond donors (Lipinski definition) is 0. The molecule has 10 heavy (non-hydrogen) atoms. The molecule has 5 heteroatoms. The molecule has 0 bridgehead atoms. The summed E-state index contributed by atoms with van der Waals surface area (Å²) in [6, 6.07) is 0. The van der Waals surface area contributed by atoms with Gasteiger partial charge in [0.2, 0.25) is 0 Å². The van der Waals surface area contributed by atoms with Crippen molar-refractivity contribution in [3.05, 3.63) is 12.2 Å². The molecule has 0 fully saturated rings. The summed E-state index contributed by atoms with van der Waals surface area (Å²) in [6.07, 6.45) is -0.678. The van der Waals surface area contributed by atoms with Gasteiger partial charge in [0.25, 0.3) is 0 Å². The molecule has 0 saturated carbocycles. The Balaban J connectivity index is 0. The van der Waals surface area contributed by atoms with Crippen LogP contribution < -0.4 is 10.2 Å². The van der Waals surface area contributed by atoms with E-state index in [9.17, 15) is 19.8 Å². The van der Waals surface area contributed by atoms with Crippen LogP contribution in [0.2, 0.25) is 0 Å². The van der Waals surface area contributed by atoms with Crippen LogP contribution in [0.5, 0.6) is 0 Å². The van der Waals surface area contributed by atoms with Gasteiger partial charge in [-0.15, -0.1) is 0 Å². The Bertz CT molecular complexity index is 163. The predicted octanol–water partition coefficient (Wildman–Crippen LogP) is -2.57. The Morgan fingerprint density at radius 3 is 1.80 bits per heavy atom. The third-order valence-electron chi connectivity index (χ3n) is 0.646. The van der Waals surface area contributed by atoms with Gasteiger partial charge in [-0.2, -0.15) is 0 Å². The Morgan fingerprint density at radius 1 is 1.30 bits per heavy atom. The average molecular weight is 240 g/mol. The van der Waals surface area contributed by atoms with Crippen LogP contribution in [-0.2, 0) is 36.9 Å². The van der Waals surface area contributed by atoms with Gasteiger partial charge in [-0.05, 0) is 5.57 Å². The minimum atomic E-state index is -1.56. The van der Waals surface area contributed by atoms with E-state index in [-0.39, 0.29) is 27.3 Å². The normalized spacial score (nSPS) is 7.60. The van der Waals surface area contributed by atoms with E-state index in [1.807, 2.05) is 0 Å². The molecule has 0 atom stereocenters. The Labute approximate surface area is 77.7 Å². The molecule has 0 aromatic rings. The summed E-state index contributed by atoms with van der Waals surface area (Å²) in [4.78, 5) is 19.4. The molecule has 0 radical (unpaired) electrons. The second-order valence-electron chi connectivity index (χ2n) is 1.44. The zero-order valence-electron chi connectivity index (χ0n) is 5.25. The van der Waals surface area contributed by atoms with Crippen LogP contribution in [0.1, 0.15) is 6.42 Å². The SMILES string of the molecule is C=C(CC(=O)[O-])C(=O)[O-].[Cd+2]. The molecule has 0 aromatic carbocycles. The maximum atomic E-state index is 9.73. The van der Waals surface area contributed by atoms with Crippen molar-refractivity contribution >= 4 is 11.9 Å². The van der Waals surface area contributed by atoms with Crippen LogP contribution in [-0.4, -0.2) is 11.9 Å². The molecule has 0 aliphatic carbocycles. The standard InChI is InChI=1S/C5H6O4.Cd/c1-3(5(8)9)2-4(6)7;/h1-2H2,(H,6,7)(H,8,9);/q;+2/p-2. The second-order valence-corrected chi connectivity index (χ2v) is 1.44. The Morgan fingerprint density at radius 2 is 1.70 bits per heavy atom. The van der Waals surface area contributed by atoms with Crippen molar-refractivity contribution in [2.45, 2.75) is 6.42 Å². The summed E-state index contributed by atoms with van der Waals surface area (Å²) in [7, 11) is 0. The molecule has 0 saturated heterocycles. The van der Waals surface area contributed by atoms with E-state index in [4.69, 9.17) is 0 Å². The van der Waals surface area contributed by atoms with E-state index < -0.39 is 23.9 Å². The summed E-state index contributed by atoms with van der Waals surface area (Å²) in [5.74, 6) is -3.02. The predicted molar refractivity (Wildman–Crippen MR) is 23.8 cm³/mol. The third-order valence-corrected chi connectivity index (χ3v) is 0.646. The Hall–Kier alpha value is -0.398. The van der Waals surface area contributed by atoms with E-state index in [1.165, 1.54) is 0 Å². The molecule has 0 N–H and O–H groups in total. The summed E-state index contributed by atoms with van der Waals surface area (Å²) in [6.45, 7) is 2.91. The quantitative estimate of drug-likeness (QED) is 0.401. The van der Waals surface area contributed by atoms with Gasteiger partial charge in [0.05, 0.1) is 5.97 Å². The first kappa shape index (κ1) is 12.3. The maximum Gasteiger partial charge on any atom is 2.00 e. The van der Waals surface area contributed by atoms with Gasteiger partial charge in [0.1, 0.15) is 0 Å². The smallest absolute Gasteiger partial charge is 0.550 e. The summed E-state index contributed by atoms with van der Waals surface area (Å²) in [5, 5.41) is 19.4. The van der Waals surface area contributed by atoms with Crippen LogP contribution in [0.3, 0.4) is 0 Å². The Kier molecular flexibility index (Phi) is 6.63. The van der Waals surface area contributed by atoms with Gasteiger partial charge in [0, 0.05) is 12.4 Å². The summed E-state index contributed by atoms with van der Waals surface area (Å²) in [5.41, 5.74) is -0.477. The van der Waals surface area contributed by atoms with Crippen molar-refractivity contribution in [3.63, 3.8) is 0 Å². The number of aliphatic carboxylic acids is 2. The first-order valence-corrected chi connectivity index (χ1v) is 2.13. The fourth-order valence-electron chi connectivity index (χ4n) is 0.246. The summed E-state index contributed by atoms with van der Waals surface area (Å²) >= 11 is 0. The topological polar surface area (TPSA) is 80.3 Å². The molecule has 0 heterocycles. The zero-order valence-corrected chi connectivity index (χ0v) is 9.29. The summed E-state index contributed by atoms with van der Waals surface area (Å²) < 4.78 is 0. The van der Waals surface area contributed by atoms with Gasteiger partial charge in [0.15, 0.2) is 0 Å².